The van der Waals surface area contributed by atoms with Crippen molar-refractivity contribution in [2.75, 3.05) is 19.7 Å². The van der Waals surface area contributed by atoms with Gasteiger partial charge in [0.1, 0.15) is 11.6 Å². The fraction of sp³-hybridized carbons (Fsp3) is 0.579. The fourth-order valence-electron chi connectivity index (χ4n) is 3.86. The first kappa shape index (κ1) is 19.9. The van der Waals surface area contributed by atoms with Crippen molar-refractivity contribution in [2.24, 2.45) is 11.8 Å². The monoisotopic (exact) mass is 399 g/mol. The van der Waals surface area contributed by atoms with Crippen LogP contribution in [0.1, 0.15) is 26.2 Å². The Morgan fingerprint density at radius 1 is 1.33 bits per heavy atom. The molecule has 8 heteroatoms. The molecule has 2 fully saturated rings. The standard InChI is InChI=1S/C19H23ClFNO5/c1-11(27-16-3-2-13(21)10-15(16)20)18(23)22-7-4-12(5-8-22)17-14(19(24)25)6-9-26-17/h2-3,10-12,14,17H,4-9H2,1H3,(H,24,25)/t11?,14?,17-/m0/s1. The number of nitrogens with zero attached hydrogens (tertiary/aromatic N) is 1. The van der Waals surface area contributed by atoms with E-state index in [-0.39, 0.29) is 28.7 Å². The Balaban J connectivity index is 1.54. The summed E-state index contributed by atoms with van der Waals surface area (Å²) >= 11 is 5.94. The zero-order chi connectivity index (χ0) is 19.6. The van der Waals surface area contributed by atoms with Gasteiger partial charge in [-0.1, -0.05) is 11.6 Å². The minimum atomic E-state index is -0.811. The summed E-state index contributed by atoms with van der Waals surface area (Å²) in [6, 6.07) is 3.77. The first-order chi connectivity index (χ1) is 12.9. The van der Waals surface area contributed by atoms with Crippen molar-refractivity contribution in [2.45, 2.75) is 38.4 Å². The van der Waals surface area contributed by atoms with Crippen LogP contribution < -0.4 is 4.74 Å². The second kappa shape index (κ2) is 8.44. The van der Waals surface area contributed by atoms with Gasteiger partial charge in [0.05, 0.1) is 17.0 Å². The molecule has 0 bridgehead atoms. The van der Waals surface area contributed by atoms with Crippen LogP contribution in [0, 0.1) is 17.7 Å². The molecule has 2 unspecified atom stereocenters. The molecule has 1 aromatic rings. The number of carboxylic acids is 1. The number of ether oxygens (including phenoxy) is 2. The lowest BCUT2D eigenvalue weighted by molar-refractivity contribution is -0.146. The van der Waals surface area contributed by atoms with Crippen molar-refractivity contribution in [1.82, 2.24) is 4.90 Å². The Morgan fingerprint density at radius 3 is 2.67 bits per heavy atom. The molecular formula is C19H23ClFNO5. The highest BCUT2D eigenvalue weighted by Crippen LogP contribution is 2.33. The second-order valence-electron chi connectivity index (χ2n) is 7.07. The number of amides is 1. The molecule has 1 aromatic carbocycles. The van der Waals surface area contributed by atoms with Crippen LogP contribution in [0.4, 0.5) is 4.39 Å². The first-order valence-corrected chi connectivity index (χ1v) is 9.49. The van der Waals surface area contributed by atoms with Gasteiger partial charge in [-0.05, 0) is 50.3 Å². The lowest BCUT2D eigenvalue weighted by Gasteiger charge is -2.36. The van der Waals surface area contributed by atoms with E-state index in [1.54, 1.807) is 11.8 Å². The van der Waals surface area contributed by atoms with Crippen LogP contribution in [0.5, 0.6) is 5.75 Å². The number of benzene rings is 1. The van der Waals surface area contributed by atoms with Crippen molar-refractivity contribution in [1.29, 1.82) is 0 Å². The summed E-state index contributed by atoms with van der Waals surface area (Å²) in [6.45, 7) is 3.17. The SMILES string of the molecule is CC(Oc1ccc(F)cc1Cl)C(=O)N1CCC([C@@H]2OCCC2C(=O)O)CC1. The highest BCUT2D eigenvalue weighted by molar-refractivity contribution is 6.32. The number of carbonyl (C=O) groups is 2. The lowest BCUT2D eigenvalue weighted by Crippen LogP contribution is -2.47. The predicted molar refractivity (Wildman–Crippen MR) is 96.3 cm³/mol. The molecule has 2 saturated heterocycles. The Morgan fingerprint density at radius 2 is 2.04 bits per heavy atom. The number of hydrogen-bond acceptors (Lipinski definition) is 4. The van der Waals surface area contributed by atoms with Gasteiger partial charge in [-0.2, -0.15) is 0 Å². The summed E-state index contributed by atoms with van der Waals surface area (Å²) in [5, 5.41) is 9.43. The van der Waals surface area contributed by atoms with E-state index in [1.807, 2.05) is 0 Å². The molecule has 1 amide bonds. The maximum absolute atomic E-state index is 13.1. The molecule has 0 aliphatic carbocycles. The van der Waals surface area contributed by atoms with Crippen molar-refractivity contribution < 1.29 is 28.6 Å². The quantitative estimate of drug-likeness (QED) is 0.823. The molecule has 2 aliphatic rings. The lowest BCUT2D eigenvalue weighted by atomic mass is 9.84. The molecule has 148 valence electrons. The van der Waals surface area contributed by atoms with Crippen LogP contribution in [0.2, 0.25) is 5.02 Å². The molecule has 2 aliphatic heterocycles. The Kier molecular flexibility index (Phi) is 6.22. The van der Waals surface area contributed by atoms with E-state index in [4.69, 9.17) is 21.1 Å². The van der Waals surface area contributed by atoms with E-state index in [1.165, 1.54) is 12.1 Å². The number of carbonyl (C=O) groups excluding carboxylic acids is 1. The molecule has 0 aromatic heterocycles. The maximum Gasteiger partial charge on any atom is 0.309 e. The fourth-order valence-corrected chi connectivity index (χ4v) is 4.07. The topological polar surface area (TPSA) is 76.1 Å². The third kappa shape index (κ3) is 4.52. The van der Waals surface area contributed by atoms with Crippen LogP contribution in [0.3, 0.4) is 0 Å². The van der Waals surface area contributed by atoms with Crippen LogP contribution in [-0.2, 0) is 14.3 Å². The van der Waals surface area contributed by atoms with Crippen LogP contribution >= 0.6 is 11.6 Å². The first-order valence-electron chi connectivity index (χ1n) is 9.11. The van der Waals surface area contributed by atoms with Gasteiger partial charge in [-0.25, -0.2) is 4.39 Å². The molecule has 0 radical (unpaired) electrons. The number of piperidine rings is 1. The largest absolute Gasteiger partial charge is 0.481 e. The molecule has 3 atom stereocenters. The van der Waals surface area contributed by atoms with E-state index >= 15 is 0 Å². The summed E-state index contributed by atoms with van der Waals surface area (Å²) in [6.07, 6.45) is 0.919. The van der Waals surface area contributed by atoms with E-state index in [0.717, 1.165) is 6.07 Å². The van der Waals surface area contributed by atoms with Gasteiger partial charge in [0.2, 0.25) is 0 Å². The summed E-state index contributed by atoms with van der Waals surface area (Å²) < 4.78 is 24.4. The van der Waals surface area contributed by atoms with E-state index in [2.05, 4.69) is 0 Å². The Bertz CT molecular complexity index is 707. The van der Waals surface area contributed by atoms with Gasteiger partial charge in [0.25, 0.3) is 5.91 Å². The number of halogens is 2. The van der Waals surface area contributed by atoms with Crippen LogP contribution in [0.25, 0.3) is 0 Å². The molecular weight excluding hydrogens is 377 g/mol. The van der Waals surface area contributed by atoms with Crippen LogP contribution in [-0.4, -0.2) is 53.8 Å². The van der Waals surface area contributed by atoms with E-state index in [0.29, 0.717) is 39.0 Å². The smallest absolute Gasteiger partial charge is 0.309 e. The summed E-state index contributed by atoms with van der Waals surface area (Å²) in [7, 11) is 0. The van der Waals surface area contributed by atoms with Gasteiger partial charge < -0.3 is 19.5 Å². The third-order valence-electron chi connectivity index (χ3n) is 5.31. The predicted octanol–water partition coefficient (Wildman–Crippen LogP) is 2.97. The molecule has 0 saturated carbocycles. The normalized spacial score (nSPS) is 24.6. The minimum absolute atomic E-state index is 0.117. The number of hydrogen-bond donors (Lipinski definition) is 1. The minimum Gasteiger partial charge on any atom is -0.481 e. The summed E-state index contributed by atoms with van der Waals surface area (Å²) in [5.74, 6) is -1.51. The van der Waals surface area contributed by atoms with Gasteiger partial charge >= 0.3 is 5.97 Å². The van der Waals surface area contributed by atoms with Crippen LogP contribution in [0.15, 0.2) is 18.2 Å². The van der Waals surface area contributed by atoms with Gasteiger partial charge in [0, 0.05) is 19.7 Å². The Hall–Kier alpha value is -1.86. The number of likely N-dealkylation sites (tertiary alicyclic amines) is 1. The highest BCUT2D eigenvalue weighted by atomic mass is 35.5. The van der Waals surface area contributed by atoms with Crippen molar-refractivity contribution in [3.05, 3.63) is 29.0 Å². The maximum atomic E-state index is 13.1. The average Bonchev–Trinajstić information content (AvgIpc) is 3.13. The summed E-state index contributed by atoms with van der Waals surface area (Å²) in [4.78, 5) is 25.7. The number of aliphatic carboxylic acids is 1. The highest BCUT2D eigenvalue weighted by Gasteiger charge is 2.41. The summed E-state index contributed by atoms with van der Waals surface area (Å²) in [5.41, 5.74) is 0. The van der Waals surface area contributed by atoms with Gasteiger partial charge in [-0.15, -0.1) is 0 Å². The molecule has 0 spiro atoms. The Labute approximate surface area is 162 Å². The van der Waals surface area contributed by atoms with Crippen molar-refractivity contribution >= 4 is 23.5 Å². The number of carboxylic acid groups (broad SMARTS) is 1. The molecule has 3 rings (SSSR count). The second-order valence-corrected chi connectivity index (χ2v) is 7.47. The number of rotatable bonds is 5. The van der Waals surface area contributed by atoms with Crippen molar-refractivity contribution in [3.63, 3.8) is 0 Å². The third-order valence-corrected chi connectivity index (χ3v) is 5.61. The molecule has 27 heavy (non-hydrogen) atoms. The molecule has 1 N–H and O–H groups in total. The van der Waals surface area contributed by atoms with Crippen molar-refractivity contribution in [3.8, 4) is 5.75 Å². The van der Waals surface area contributed by atoms with Gasteiger partial charge in [-0.3, -0.25) is 9.59 Å². The average molecular weight is 400 g/mol. The van der Waals surface area contributed by atoms with E-state index < -0.39 is 23.8 Å². The zero-order valence-corrected chi connectivity index (χ0v) is 15.8. The molecule has 6 nitrogen and oxygen atoms in total. The zero-order valence-electron chi connectivity index (χ0n) is 15.1. The molecule has 2 heterocycles. The van der Waals surface area contributed by atoms with E-state index in [9.17, 15) is 19.1 Å². The van der Waals surface area contributed by atoms with Gasteiger partial charge in [0.15, 0.2) is 6.10 Å².